The van der Waals surface area contributed by atoms with E-state index in [4.69, 9.17) is 14.2 Å². The fourth-order valence-corrected chi connectivity index (χ4v) is 3.54. The number of carbonyl (C=O) groups is 1. The van der Waals surface area contributed by atoms with Gasteiger partial charge >= 0.3 is 5.97 Å². The minimum absolute atomic E-state index is 0.0486. The molecule has 0 unspecified atom stereocenters. The molecule has 0 spiro atoms. The van der Waals surface area contributed by atoms with Crippen LogP contribution in [-0.2, 0) is 21.6 Å². The Hall–Kier alpha value is -3.86. The van der Waals surface area contributed by atoms with E-state index >= 15 is 0 Å². The first-order chi connectivity index (χ1) is 16.3. The summed E-state index contributed by atoms with van der Waals surface area (Å²) in [5, 5.41) is 0. The molecule has 34 heavy (non-hydrogen) atoms. The molecule has 5 nitrogen and oxygen atoms in total. The molecule has 3 aromatic rings. The van der Waals surface area contributed by atoms with E-state index in [9.17, 15) is 4.79 Å². The molecular weight excluding hydrogens is 426 g/mol. The molecule has 0 fully saturated rings. The average molecular weight is 456 g/mol. The highest BCUT2D eigenvalue weighted by Crippen LogP contribution is 2.31. The molecule has 0 aliphatic carbocycles. The van der Waals surface area contributed by atoms with Crippen molar-refractivity contribution >= 4 is 17.9 Å². The van der Waals surface area contributed by atoms with Gasteiger partial charge in [-0.05, 0) is 59.4 Å². The second kappa shape index (κ2) is 9.96. The standard InChI is InChI=1S/C29H29NO4/c1-5-32-26-18-21(11-16-25(26)33-19-20-9-7-6-8-10-20)17-24-28(31)34-27(30-24)22-12-14-23(15-13-22)29(2,3)4/h6-18H,5,19H2,1-4H3. The molecule has 174 valence electrons. The van der Waals surface area contributed by atoms with Crippen molar-refractivity contribution in [2.45, 2.75) is 39.7 Å². The van der Waals surface area contributed by atoms with Gasteiger partial charge in [-0.3, -0.25) is 0 Å². The van der Waals surface area contributed by atoms with E-state index in [0.717, 1.165) is 16.7 Å². The van der Waals surface area contributed by atoms with E-state index in [1.54, 1.807) is 6.08 Å². The highest BCUT2D eigenvalue weighted by molar-refractivity contribution is 6.12. The summed E-state index contributed by atoms with van der Waals surface area (Å²) in [6.07, 6.45) is 1.70. The molecule has 0 radical (unpaired) electrons. The van der Waals surface area contributed by atoms with Gasteiger partial charge in [-0.2, -0.15) is 0 Å². The Labute approximate surface area is 200 Å². The van der Waals surface area contributed by atoms with Crippen LogP contribution in [0.25, 0.3) is 6.08 Å². The van der Waals surface area contributed by atoms with Crippen LogP contribution < -0.4 is 9.47 Å². The predicted octanol–water partition coefficient (Wildman–Crippen LogP) is 6.31. The highest BCUT2D eigenvalue weighted by Gasteiger charge is 2.25. The number of esters is 1. The van der Waals surface area contributed by atoms with Gasteiger partial charge < -0.3 is 14.2 Å². The third-order valence-electron chi connectivity index (χ3n) is 5.43. The van der Waals surface area contributed by atoms with Crippen molar-refractivity contribution in [2.24, 2.45) is 4.99 Å². The molecule has 5 heteroatoms. The fourth-order valence-electron chi connectivity index (χ4n) is 3.54. The lowest BCUT2D eigenvalue weighted by molar-refractivity contribution is -0.129. The molecule has 1 aliphatic rings. The van der Waals surface area contributed by atoms with Crippen molar-refractivity contribution in [1.82, 2.24) is 0 Å². The largest absolute Gasteiger partial charge is 0.490 e. The van der Waals surface area contributed by atoms with Crippen LogP contribution in [0.15, 0.2) is 83.5 Å². The molecule has 0 N–H and O–H groups in total. The molecular formula is C29H29NO4. The van der Waals surface area contributed by atoms with Gasteiger partial charge in [0.2, 0.25) is 5.90 Å². The van der Waals surface area contributed by atoms with Crippen LogP contribution in [0.2, 0.25) is 0 Å². The summed E-state index contributed by atoms with van der Waals surface area (Å²) in [5.74, 6) is 1.09. The zero-order valence-electron chi connectivity index (χ0n) is 20.0. The number of nitrogens with zero attached hydrogens (tertiary/aromatic N) is 1. The summed E-state index contributed by atoms with van der Waals surface area (Å²) in [7, 11) is 0. The van der Waals surface area contributed by atoms with Gasteiger partial charge in [0.05, 0.1) is 6.61 Å². The zero-order chi connectivity index (χ0) is 24.1. The Morgan fingerprint density at radius 1 is 0.912 bits per heavy atom. The van der Waals surface area contributed by atoms with Crippen LogP contribution in [0.4, 0.5) is 0 Å². The molecule has 0 aromatic heterocycles. The van der Waals surface area contributed by atoms with Gasteiger partial charge in [0.15, 0.2) is 17.2 Å². The van der Waals surface area contributed by atoms with E-state index in [-0.39, 0.29) is 11.1 Å². The first-order valence-electron chi connectivity index (χ1n) is 11.4. The topological polar surface area (TPSA) is 57.1 Å². The van der Waals surface area contributed by atoms with Crippen molar-refractivity contribution in [1.29, 1.82) is 0 Å². The summed E-state index contributed by atoms with van der Waals surface area (Å²) in [5.41, 5.74) is 4.11. The monoisotopic (exact) mass is 455 g/mol. The summed E-state index contributed by atoms with van der Waals surface area (Å²) in [4.78, 5) is 16.9. The molecule has 0 amide bonds. The molecule has 0 bridgehead atoms. The first kappa shape index (κ1) is 23.3. The van der Waals surface area contributed by atoms with E-state index < -0.39 is 5.97 Å². The number of carbonyl (C=O) groups excluding carboxylic acids is 1. The maximum absolute atomic E-state index is 12.5. The number of rotatable bonds is 7. The molecule has 3 aromatic carbocycles. The summed E-state index contributed by atoms with van der Waals surface area (Å²) < 4.78 is 17.2. The SMILES string of the molecule is CCOc1cc(C=C2N=C(c3ccc(C(C)(C)C)cc3)OC2=O)ccc1OCc1ccccc1. The van der Waals surface area contributed by atoms with Crippen molar-refractivity contribution in [3.05, 3.63) is 101 Å². The van der Waals surface area contributed by atoms with Crippen LogP contribution in [0.3, 0.4) is 0 Å². The van der Waals surface area contributed by atoms with E-state index in [0.29, 0.717) is 30.6 Å². The number of benzene rings is 3. The minimum Gasteiger partial charge on any atom is -0.490 e. The van der Waals surface area contributed by atoms with Crippen molar-refractivity contribution in [3.63, 3.8) is 0 Å². The summed E-state index contributed by atoms with van der Waals surface area (Å²) in [6.45, 7) is 9.33. The maximum atomic E-state index is 12.5. The zero-order valence-corrected chi connectivity index (χ0v) is 20.0. The number of hydrogen-bond acceptors (Lipinski definition) is 5. The summed E-state index contributed by atoms with van der Waals surface area (Å²) in [6, 6.07) is 23.4. The first-order valence-corrected chi connectivity index (χ1v) is 11.4. The van der Waals surface area contributed by atoms with Gasteiger partial charge in [-0.1, -0.05) is 69.3 Å². The normalized spacial score (nSPS) is 14.6. The van der Waals surface area contributed by atoms with E-state index in [1.807, 2.05) is 79.7 Å². The maximum Gasteiger partial charge on any atom is 0.363 e. The molecule has 0 atom stereocenters. The lowest BCUT2D eigenvalue weighted by atomic mass is 9.87. The Kier molecular flexibility index (Phi) is 6.82. The number of hydrogen-bond donors (Lipinski definition) is 0. The molecule has 1 aliphatic heterocycles. The van der Waals surface area contributed by atoms with Crippen LogP contribution in [-0.4, -0.2) is 18.5 Å². The Balaban J connectivity index is 1.54. The number of ether oxygens (including phenoxy) is 3. The van der Waals surface area contributed by atoms with Crippen LogP contribution in [0.5, 0.6) is 11.5 Å². The number of cyclic esters (lactones) is 1. The van der Waals surface area contributed by atoms with E-state index in [2.05, 4.69) is 25.8 Å². The van der Waals surface area contributed by atoms with Gasteiger partial charge in [-0.25, -0.2) is 9.79 Å². The van der Waals surface area contributed by atoms with Crippen LogP contribution in [0, 0.1) is 0 Å². The second-order valence-electron chi connectivity index (χ2n) is 9.08. The van der Waals surface area contributed by atoms with Crippen LogP contribution in [0.1, 0.15) is 49.9 Å². The molecule has 4 rings (SSSR count). The predicted molar refractivity (Wildman–Crippen MR) is 134 cm³/mol. The Morgan fingerprint density at radius 2 is 1.65 bits per heavy atom. The van der Waals surface area contributed by atoms with Gasteiger partial charge in [0, 0.05) is 5.56 Å². The molecule has 0 saturated carbocycles. The lowest BCUT2D eigenvalue weighted by Crippen LogP contribution is -2.11. The van der Waals surface area contributed by atoms with Gasteiger partial charge in [0.1, 0.15) is 6.61 Å². The van der Waals surface area contributed by atoms with Crippen molar-refractivity contribution in [2.75, 3.05) is 6.61 Å². The Morgan fingerprint density at radius 3 is 2.32 bits per heavy atom. The minimum atomic E-state index is -0.475. The van der Waals surface area contributed by atoms with Gasteiger partial charge in [0.25, 0.3) is 0 Å². The summed E-state index contributed by atoms with van der Waals surface area (Å²) >= 11 is 0. The van der Waals surface area contributed by atoms with Crippen LogP contribution >= 0.6 is 0 Å². The smallest absolute Gasteiger partial charge is 0.363 e. The second-order valence-corrected chi connectivity index (χ2v) is 9.08. The third-order valence-corrected chi connectivity index (χ3v) is 5.43. The molecule has 0 saturated heterocycles. The van der Waals surface area contributed by atoms with E-state index in [1.165, 1.54) is 5.56 Å². The fraction of sp³-hybridized carbons (Fsp3) is 0.241. The lowest BCUT2D eigenvalue weighted by Gasteiger charge is -2.18. The average Bonchev–Trinajstić information content (AvgIpc) is 3.19. The third kappa shape index (κ3) is 5.54. The highest BCUT2D eigenvalue weighted by atomic mass is 16.6. The molecule has 1 heterocycles. The van der Waals surface area contributed by atoms with Crippen molar-refractivity contribution in [3.8, 4) is 11.5 Å². The number of aliphatic imine (C=N–C) groups is 1. The quantitative estimate of drug-likeness (QED) is 0.310. The Bertz CT molecular complexity index is 1220. The van der Waals surface area contributed by atoms with Crippen molar-refractivity contribution < 1.29 is 19.0 Å². The van der Waals surface area contributed by atoms with Gasteiger partial charge in [-0.15, -0.1) is 0 Å².